The molecule has 0 bridgehead atoms. The lowest BCUT2D eigenvalue weighted by Gasteiger charge is -2.12. The molecular formula is C13H19NO3S. The van der Waals surface area contributed by atoms with Gasteiger partial charge in [0.15, 0.2) is 5.75 Å². The van der Waals surface area contributed by atoms with E-state index in [1.165, 1.54) is 0 Å². The lowest BCUT2D eigenvalue weighted by molar-refractivity contribution is 0.0526. The number of nitrogen functional groups attached to an aromatic ring is 1. The first-order valence-corrected chi connectivity index (χ1v) is 7.12. The molecule has 0 amide bonds. The van der Waals surface area contributed by atoms with E-state index < -0.39 is 0 Å². The van der Waals surface area contributed by atoms with Crippen LogP contribution in [0.5, 0.6) is 5.75 Å². The van der Waals surface area contributed by atoms with Gasteiger partial charge >= 0.3 is 5.97 Å². The number of benzene rings is 1. The van der Waals surface area contributed by atoms with E-state index in [9.17, 15) is 4.79 Å². The van der Waals surface area contributed by atoms with Crippen molar-refractivity contribution in [1.29, 1.82) is 0 Å². The molecular weight excluding hydrogens is 250 g/mol. The summed E-state index contributed by atoms with van der Waals surface area (Å²) >= 11 is 1.73. The first-order valence-electron chi connectivity index (χ1n) is 5.96. The molecule has 2 N–H and O–H groups in total. The predicted molar refractivity (Wildman–Crippen MR) is 75.3 cm³/mol. The van der Waals surface area contributed by atoms with Crippen LogP contribution < -0.4 is 10.5 Å². The van der Waals surface area contributed by atoms with Crippen LogP contribution in [0.25, 0.3) is 0 Å². The Hall–Kier alpha value is -1.36. The molecule has 0 radical (unpaired) electrons. The fraction of sp³-hybridized carbons (Fsp3) is 0.462. The molecule has 18 heavy (non-hydrogen) atoms. The van der Waals surface area contributed by atoms with Crippen molar-refractivity contribution in [3.63, 3.8) is 0 Å². The second-order valence-corrected chi connectivity index (χ2v) is 4.88. The Bertz CT molecular complexity index is 396. The number of nitrogens with two attached hydrogens (primary N) is 1. The van der Waals surface area contributed by atoms with Crippen molar-refractivity contribution in [3.05, 3.63) is 23.8 Å². The normalized spacial score (nSPS) is 10.1. The Labute approximate surface area is 112 Å². The molecule has 0 aliphatic carbocycles. The van der Waals surface area contributed by atoms with E-state index in [2.05, 4.69) is 6.92 Å². The second kappa shape index (κ2) is 7.87. The van der Waals surface area contributed by atoms with E-state index >= 15 is 0 Å². The van der Waals surface area contributed by atoms with Gasteiger partial charge in [0.25, 0.3) is 0 Å². The molecule has 5 heteroatoms. The van der Waals surface area contributed by atoms with Gasteiger partial charge in [-0.1, -0.05) is 13.0 Å². The number of carbonyl (C=O) groups is 1. The topological polar surface area (TPSA) is 61.5 Å². The Kier molecular flexibility index (Phi) is 6.43. The van der Waals surface area contributed by atoms with Gasteiger partial charge in [-0.2, -0.15) is 11.8 Å². The number of para-hydroxylation sites is 1. The molecule has 0 saturated carbocycles. The lowest BCUT2D eigenvalue weighted by Crippen LogP contribution is -2.11. The van der Waals surface area contributed by atoms with Crippen LogP contribution in [0.2, 0.25) is 0 Å². The molecule has 0 aliphatic heterocycles. The van der Waals surface area contributed by atoms with E-state index in [0.717, 1.165) is 11.5 Å². The zero-order valence-corrected chi connectivity index (χ0v) is 11.6. The number of rotatable bonds is 7. The predicted octanol–water partition coefficient (Wildman–Crippen LogP) is 2.58. The summed E-state index contributed by atoms with van der Waals surface area (Å²) in [6.45, 7) is 4.77. The maximum absolute atomic E-state index is 11.9. The Morgan fingerprint density at radius 1 is 1.39 bits per heavy atom. The molecule has 0 spiro atoms. The van der Waals surface area contributed by atoms with Crippen LogP contribution in [0.1, 0.15) is 24.2 Å². The van der Waals surface area contributed by atoms with Crippen molar-refractivity contribution >= 4 is 23.4 Å². The van der Waals surface area contributed by atoms with Crippen LogP contribution in [0.4, 0.5) is 5.69 Å². The van der Waals surface area contributed by atoms with Crippen molar-refractivity contribution < 1.29 is 14.3 Å². The number of anilines is 1. The van der Waals surface area contributed by atoms with Gasteiger partial charge in [0, 0.05) is 5.75 Å². The van der Waals surface area contributed by atoms with E-state index in [4.69, 9.17) is 15.2 Å². The highest BCUT2D eigenvalue weighted by atomic mass is 32.2. The van der Waals surface area contributed by atoms with E-state index in [0.29, 0.717) is 30.2 Å². The van der Waals surface area contributed by atoms with Crippen molar-refractivity contribution in [3.8, 4) is 5.75 Å². The van der Waals surface area contributed by atoms with Gasteiger partial charge in [-0.25, -0.2) is 4.79 Å². The van der Waals surface area contributed by atoms with Gasteiger partial charge in [0.2, 0.25) is 0 Å². The number of hydrogen-bond acceptors (Lipinski definition) is 5. The number of ether oxygens (including phenoxy) is 2. The molecule has 1 rings (SSSR count). The maximum Gasteiger partial charge on any atom is 0.342 e. The molecule has 0 aliphatic rings. The van der Waals surface area contributed by atoms with Crippen LogP contribution >= 0.6 is 11.8 Å². The third-order valence-electron chi connectivity index (χ3n) is 2.22. The Balaban J connectivity index is 2.69. The summed E-state index contributed by atoms with van der Waals surface area (Å²) in [6.07, 6.45) is 0. The summed E-state index contributed by atoms with van der Waals surface area (Å²) < 4.78 is 10.6. The van der Waals surface area contributed by atoms with Gasteiger partial charge in [0.1, 0.15) is 12.2 Å². The molecule has 4 nitrogen and oxygen atoms in total. The average Bonchev–Trinajstić information content (AvgIpc) is 2.37. The summed E-state index contributed by atoms with van der Waals surface area (Å²) in [5.74, 6) is 1.84. The van der Waals surface area contributed by atoms with E-state index in [1.54, 1.807) is 30.0 Å². The zero-order chi connectivity index (χ0) is 13.4. The van der Waals surface area contributed by atoms with Crippen molar-refractivity contribution in [2.24, 2.45) is 0 Å². The fourth-order valence-electron chi connectivity index (χ4n) is 1.44. The van der Waals surface area contributed by atoms with Crippen molar-refractivity contribution in [2.45, 2.75) is 13.8 Å². The molecule has 0 unspecified atom stereocenters. The maximum atomic E-state index is 11.9. The highest BCUT2D eigenvalue weighted by Gasteiger charge is 2.15. The first-order chi connectivity index (χ1) is 8.70. The number of esters is 1. The average molecular weight is 269 g/mol. The molecule has 0 saturated heterocycles. The molecule has 100 valence electrons. The van der Waals surface area contributed by atoms with Crippen LogP contribution in [0.15, 0.2) is 18.2 Å². The number of hydrogen-bond donors (Lipinski definition) is 1. The third-order valence-corrected chi connectivity index (χ3v) is 3.08. The van der Waals surface area contributed by atoms with Crippen LogP contribution in [-0.4, -0.2) is 30.7 Å². The third kappa shape index (κ3) is 4.14. The summed E-state index contributed by atoms with van der Waals surface area (Å²) in [5.41, 5.74) is 6.63. The number of carbonyl (C=O) groups excluding carboxylic acids is 1. The van der Waals surface area contributed by atoms with Crippen LogP contribution in [-0.2, 0) is 4.74 Å². The molecule has 0 atom stereocenters. The standard InChI is InChI=1S/C13H19NO3S/c1-3-16-12-10(6-5-7-11(12)14)13(15)17-8-9-18-4-2/h5-7H,3-4,8-9,14H2,1-2H3. The smallest absolute Gasteiger partial charge is 0.342 e. The zero-order valence-electron chi connectivity index (χ0n) is 10.8. The van der Waals surface area contributed by atoms with Gasteiger partial charge < -0.3 is 15.2 Å². The minimum Gasteiger partial charge on any atom is -0.491 e. The quantitative estimate of drug-likeness (QED) is 0.468. The van der Waals surface area contributed by atoms with Gasteiger partial charge in [-0.3, -0.25) is 0 Å². The summed E-state index contributed by atoms with van der Waals surface area (Å²) in [5, 5.41) is 0. The van der Waals surface area contributed by atoms with Gasteiger partial charge in [0.05, 0.1) is 12.3 Å². The fourth-order valence-corrected chi connectivity index (χ4v) is 1.93. The summed E-state index contributed by atoms with van der Waals surface area (Å²) in [7, 11) is 0. The van der Waals surface area contributed by atoms with E-state index in [1.807, 2.05) is 6.92 Å². The molecule has 0 aromatic heterocycles. The minimum absolute atomic E-state index is 0.387. The second-order valence-electron chi connectivity index (χ2n) is 3.49. The molecule has 0 fully saturated rings. The van der Waals surface area contributed by atoms with Crippen molar-refractivity contribution in [2.75, 3.05) is 30.5 Å². The van der Waals surface area contributed by atoms with Gasteiger partial charge in [-0.05, 0) is 24.8 Å². The summed E-state index contributed by atoms with van der Waals surface area (Å²) in [4.78, 5) is 11.9. The summed E-state index contributed by atoms with van der Waals surface area (Å²) in [6, 6.07) is 5.08. The van der Waals surface area contributed by atoms with Crippen LogP contribution in [0.3, 0.4) is 0 Å². The molecule has 0 heterocycles. The Morgan fingerprint density at radius 3 is 2.83 bits per heavy atom. The monoisotopic (exact) mass is 269 g/mol. The number of thioether (sulfide) groups is 1. The molecule has 1 aromatic carbocycles. The largest absolute Gasteiger partial charge is 0.491 e. The highest BCUT2D eigenvalue weighted by molar-refractivity contribution is 7.99. The van der Waals surface area contributed by atoms with Crippen LogP contribution in [0, 0.1) is 0 Å². The van der Waals surface area contributed by atoms with Gasteiger partial charge in [-0.15, -0.1) is 0 Å². The van der Waals surface area contributed by atoms with E-state index in [-0.39, 0.29) is 5.97 Å². The first kappa shape index (κ1) is 14.7. The Morgan fingerprint density at radius 2 is 2.17 bits per heavy atom. The SMILES string of the molecule is CCOc1c(N)cccc1C(=O)OCCSCC. The minimum atomic E-state index is -0.387. The molecule has 1 aromatic rings. The highest BCUT2D eigenvalue weighted by Crippen LogP contribution is 2.27. The lowest BCUT2D eigenvalue weighted by atomic mass is 10.2. The van der Waals surface area contributed by atoms with Crippen molar-refractivity contribution in [1.82, 2.24) is 0 Å².